The van der Waals surface area contributed by atoms with Crippen LogP contribution >= 0.6 is 11.3 Å². The van der Waals surface area contributed by atoms with Crippen LogP contribution in [0.1, 0.15) is 44.2 Å². The third kappa shape index (κ3) is 3.99. The Balaban J connectivity index is 1.52. The van der Waals surface area contributed by atoms with E-state index < -0.39 is 0 Å². The van der Waals surface area contributed by atoms with Crippen molar-refractivity contribution in [1.29, 1.82) is 0 Å². The zero-order chi connectivity index (χ0) is 19.7. The minimum absolute atomic E-state index is 0.0900. The van der Waals surface area contributed by atoms with Crippen LogP contribution in [0.3, 0.4) is 0 Å². The van der Waals surface area contributed by atoms with Gasteiger partial charge >= 0.3 is 0 Å². The molecule has 0 bridgehead atoms. The van der Waals surface area contributed by atoms with Gasteiger partial charge in [-0.1, -0.05) is 12.1 Å². The predicted octanol–water partition coefficient (Wildman–Crippen LogP) is 4.85. The first kappa shape index (κ1) is 18.4. The number of thiophene rings is 1. The summed E-state index contributed by atoms with van der Waals surface area (Å²) in [5.74, 6) is -0.544. The number of hydrogen-bond acceptors (Lipinski definition) is 4. The molecule has 2 heterocycles. The molecule has 1 saturated carbocycles. The van der Waals surface area contributed by atoms with Crippen molar-refractivity contribution in [1.82, 2.24) is 4.90 Å². The molecule has 0 atom stereocenters. The van der Waals surface area contributed by atoms with Crippen molar-refractivity contribution in [3.8, 4) is 0 Å². The molecule has 0 saturated heterocycles. The standard InChI is InChI=1S/C21H19FN2O3S/c1-13-10-18(23-20(25)17-6-3-9-27-17)28-19(13)21(26)24(16-7-8-16)12-14-4-2-5-15(22)11-14/h2-6,9-11,16H,7-8,12H2,1H3,(H,23,25). The molecule has 4 rings (SSSR count). The Labute approximate surface area is 165 Å². The van der Waals surface area contributed by atoms with Crippen LogP contribution in [0.25, 0.3) is 0 Å². The zero-order valence-corrected chi connectivity index (χ0v) is 16.1. The van der Waals surface area contributed by atoms with Crippen LogP contribution in [-0.2, 0) is 6.54 Å². The molecule has 1 aliphatic rings. The second-order valence-corrected chi connectivity index (χ2v) is 7.90. The largest absolute Gasteiger partial charge is 0.459 e. The Hall–Kier alpha value is -2.93. The van der Waals surface area contributed by atoms with Crippen LogP contribution in [0.2, 0.25) is 0 Å². The lowest BCUT2D eigenvalue weighted by Gasteiger charge is -2.22. The van der Waals surface area contributed by atoms with Crippen molar-refractivity contribution < 1.29 is 18.4 Å². The lowest BCUT2D eigenvalue weighted by molar-refractivity contribution is 0.0734. The summed E-state index contributed by atoms with van der Waals surface area (Å²) in [4.78, 5) is 27.7. The van der Waals surface area contributed by atoms with Gasteiger partial charge in [-0.2, -0.15) is 0 Å². The normalized spacial score (nSPS) is 13.4. The first-order valence-corrected chi connectivity index (χ1v) is 9.83. The van der Waals surface area contributed by atoms with E-state index in [4.69, 9.17) is 4.42 Å². The summed E-state index contributed by atoms with van der Waals surface area (Å²) in [5, 5.41) is 3.35. The fraction of sp³-hybridized carbons (Fsp3) is 0.238. The second-order valence-electron chi connectivity index (χ2n) is 6.85. The number of aryl methyl sites for hydroxylation is 1. The third-order valence-corrected chi connectivity index (χ3v) is 5.72. The first-order valence-electron chi connectivity index (χ1n) is 9.02. The Bertz CT molecular complexity index is 1010. The predicted molar refractivity (Wildman–Crippen MR) is 105 cm³/mol. The van der Waals surface area contributed by atoms with E-state index in [0.717, 1.165) is 24.0 Å². The monoisotopic (exact) mass is 398 g/mol. The number of halogens is 1. The molecule has 0 unspecified atom stereocenters. The number of nitrogens with zero attached hydrogens (tertiary/aromatic N) is 1. The highest BCUT2D eigenvalue weighted by molar-refractivity contribution is 7.18. The molecule has 28 heavy (non-hydrogen) atoms. The van der Waals surface area contributed by atoms with Crippen LogP contribution in [0, 0.1) is 12.7 Å². The molecule has 1 aliphatic carbocycles. The van der Waals surface area contributed by atoms with Gasteiger partial charge in [-0.05, 0) is 61.2 Å². The summed E-state index contributed by atoms with van der Waals surface area (Å²) in [7, 11) is 0. The van der Waals surface area contributed by atoms with E-state index in [0.29, 0.717) is 16.4 Å². The minimum Gasteiger partial charge on any atom is -0.459 e. The van der Waals surface area contributed by atoms with Gasteiger partial charge in [0.25, 0.3) is 11.8 Å². The van der Waals surface area contributed by atoms with Gasteiger partial charge in [-0.15, -0.1) is 11.3 Å². The van der Waals surface area contributed by atoms with Gasteiger partial charge in [0, 0.05) is 12.6 Å². The summed E-state index contributed by atoms with van der Waals surface area (Å²) in [5.41, 5.74) is 1.57. The van der Waals surface area contributed by atoms with E-state index in [9.17, 15) is 14.0 Å². The molecule has 0 radical (unpaired) electrons. The van der Waals surface area contributed by atoms with E-state index >= 15 is 0 Å². The molecule has 0 aliphatic heterocycles. The SMILES string of the molecule is Cc1cc(NC(=O)c2ccco2)sc1C(=O)N(Cc1cccc(F)c1)C1CC1. The van der Waals surface area contributed by atoms with Crippen molar-refractivity contribution in [2.45, 2.75) is 32.4 Å². The van der Waals surface area contributed by atoms with Crippen molar-refractivity contribution >= 4 is 28.2 Å². The van der Waals surface area contributed by atoms with Crippen LogP contribution in [0.4, 0.5) is 9.39 Å². The maximum atomic E-state index is 13.5. The summed E-state index contributed by atoms with van der Waals surface area (Å²) < 4.78 is 18.6. The third-order valence-electron chi connectivity index (χ3n) is 4.58. The number of nitrogens with one attached hydrogen (secondary N) is 1. The molecule has 144 valence electrons. The summed E-state index contributed by atoms with van der Waals surface area (Å²) >= 11 is 1.24. The molecule has 1 fully saturated rings. The van der Waals surface area contributed by atoms with E-state index in [1.54, 1.807) is 29.2 Å². The van der Waals surface area contributed by atoms with Crippen molar-refractivity contribution in [3.05, 3.63) is 76.3 Å². The maximum Gasteiger partial charge on any atom is 0.291 e. The molecule has 1 aromatic carbocycles. The fourth-order valence-electron chi connectivity index (χ4n) is 3.05. The van der Waals surface area contributed by atoms with Crippen LogP contribution in [0.15, 0.2) is 53.1 Å². The molecule has 3 aromatic rings. The summed E-state index contributed by atoms with van der Waals surface area (Å²) in [6.45, 7) is 2.21. The topological polar surface area (TPSA) is 62.6 Å². The average Bonchev–Trinajstić information content (AvgIpc) is 3.21. The Morgan fingerprint density at radius 2 is 2.07 bits per heavy atom. The molecule has 7 heteroatoms. The van der Waals surface area contributed by atoms with Crippen molar-refractivity contribution in [2.24, 2.45) is 0 Å². The van der Waals surface area contributed by atoms with Gasteiger partial charge in [-0.25, -0.2) is 4.39 Å². The molecule has 0 spiro atoms. The van der Waals surface area contributed by atoms with Crippen molar-refractivity contribution in [3.63, 3.8) is 0 Å². The van der Waals surface area contributed by atoms with Gasteiger partial charge in [-0.3, -0.25) is 9.59 Å². The van der Waals surface area contributed by atoms with Gasteiger partial charge in [0.1, 0.15) is 5.82 Å². The quantitative estimate of drug-likeness (QED) is 0.646. The molecule has 2 amide bonds. The number of rotatable bonds is 6. The minimum atomic E-state index is -0.357. The van der Waals surface area contributed by atoms with E-state index in [1.165, 1.54) is 29.7 Å². The summed E-state index contributed by atoms with van der Waals surface area (Å²) in [6, 6.07) is 11.5. The Kier molecular flexibility index (Phi) is 5.00. The van der Waals surface area contributed by atoms with Crippen LogP contribution < -0.4 is 5.32 Å². The van der Waals surface area contributed by atoms with Crippen LogP contribution in [0.5, 0.6) is 0 Å². The van der Waals surface area contributed by atoms with Crippen molar-refractivity contribution in [2.75, 3.05) is 5.32 Å². The van der Waals surface area contributed by atoms with Gasteiger partial charge in [0.15, 0.2) is 5.76 Å². The van der Waals surface area contributed by atoms with E-state index in [-0.39, 0.29) is 29.4 Å². The lowest BCUT2D eigenvalue weighted by atomic mass is 10.2. The highest BCUT2D eigenvalue weighted by Gasteiger charge is 2.34. The number of furan rings is 1. The molecular weight excluding hydrogens is 379 g/mol. The number of carbonyl (C=O) groups excluding carboxylic acids is 2. The van der Waals surface area contributed by atoms with Gasteiger partial charge in [0.05, 0.1) is 16.1 Å². The Morgan fingerprint density at radius 3 is 2.75 bits per heavy atom. The van der Waals surface area contributed by atoms with E-state index in [1.807, 2.05) is 13.0 Å². The zero-order valence-electron chi connectivity index (χ0n) is 15.3. The van der Waals surface area contributed by atoms with E-state index in [2.05, 4.69) is 5.32 Å². The molecule has 5 nitrogen and oxygen atoms in total. The number of carbonyl (C=O) groups is 2. The number of benzene rings is 1. The number of hydrogen-bond donors (Lipinski definition) is 1. The highest BCUT2D eigenvalue weighted by atomic mass is 32.1. The number of anilines is 1. The fourth-order valence-corrected chi connectivity index (χ4v) is 4.08. The highest BCUT2D eigenvalue weighted by Crippen LogP contribution is 2.34. The molecule has 2 aromatic heterocycles. The average molecular weight is 398 g/mol. The second kappa shape index (κ2) is 7.59. The first-order chi connectivity index (χ1) is 13.5. The number of amides is 2. The lowest BCUT2D eigenvalue weighted by Crippen LogP contribution is -2.32. The molecule has 1 N–H and O–H groups in total. The Morgan fingerprint density at radius 1 is 1.25 bits per heavy atom. The maximum absolute atomic E-state index is 13.5. The van der Waals surface area contributed by atoms with Gasteiger partial charge in [0.2, 0.25) is 0 Å². The van der Waals surface area contributed by atoms with Gasteiger partial charge < -0.3 is 14.6 Å². The van der Waals surface area contributed by atoms with Crippen LogP contribution in [-0.4, -0.2) is 22.8 Å². The summed E-state index contributed by atoms with van der Waals surface area (Å²) in [6.07, 6.45) is 3.34. The smallest absolute Gasteiger partial charge is 0.291 e. The molecular formula is C21H19FN2O3S.